The average molecular weight is 306 g/mol. The van der Waals surface area contributed by atoms with Crippen LogP contribution in [0.2, 0.25) is 0 Å². The standard InChI is InChI=1S/C15H18N2O3S/c1-11-9-12(2)15(18)14(10-11)17-21(19,20)8-6-13-5-3-4-7-16-13/h3-5,7,9-10,17-18H,6,8H2,1-2H3. The molecule has 0 aliphatic heterocycles. The molecule has 112 valence electrons. The maximum Gasteiger partial charge on any atom is 0.233 e. The van der Waals surface area contributed by atoms with E-state index in [9.17, 15) is 13.5 Å². The van der Waals surface area contributed by atoms with Crippen LogP contribution in [-0.2, 0) is 16.4 Å². The third-order valence-electron chi connectivity index (χ3n) is 3.06. The molecule has 1 heterocycles. The van der Waals surface area contributed by atoms with Crippen molar-refractivity contribution >= 4 is 15.7 Å². The van der Waals surface area contributed by atoms with Crippen LogP contribution in [0.4, 0.5) is 5.69 Å². The van der Waals surface area contributed by atoms with Gasteiger partial charge in [0.1, 0.15) is 5.75 Å². The van der Waals surface area contributed by atoms with Crippen LogP contribution in [0, 0.1) is 13.8 Å². The zero-order valence-electron chi connectivity index (χ0n) is 12.0. The van der Waals surface area contributed by atoms with Gasteiger partial charge in [-0.15, -0.1) is 0 Å². The summed E-state index contributed by atoms with van der Waals surface area (Å²) in [4.78, 5) is 4.09. The van der Waals surface area contributed by atoms with Gasteiger partial charge >= 0.3 is 0 Å². The van der Waals surface area contributed by atoms with Crippen molar-refractivity contribution in [3.05, 3.63) is 53.3 Å². The van der Waals surface area contributed by atoms with Gasteiger partial charge in [-0.1, -0.05) is 12.1 Å². The van der Waals surface area contributed by atoms with Crippen LogP contribution in [0.25, 0.3) is 0 Å². The van der Waals surface area contributed by atoms with Gasteiger partial charge < -0.3 is 5.11 Å². The lowest BCUT2D eigenvalue weighted by Crippen LogP contribution is -2.18. The van der Waals surface area contributed by atoms with E-state index in [1.54, 1.807) is 37.4 Å². The molecule has 2 N–H and O–H groups in total. The number of aryl methyl sites for hydroxylation is 3. The maximum atomic E-state index is 12.1. The number of aromatic nitrogens is 1. The lowest BCUT2D eigenvalue weighted by atomic mass is 10.1. The van der Waals surface area contributed by atoms with E-state index in [1.165, 1.54) is 0 Å². The quantitative estimate of drug-likeness (QED) is 0.831. The highest BCUT2D eigenvalue weighted by Gasteiger charge is 2.15. The molecule has 0 spiro atoms. The zero-order chi connectivity index (χ0) is 15.5. The fraction of sp³-hybridized carbons (Fsp3) is 0.267. The first-order valence-corrected chi connectivity index (χ1v) is 8.23. The lowest BCUT2D eigenvalue weighted by molar-refractivity contribution is 0.473. The summed E-state index contributed by atoms with van der Waals surface area (Å²) in [5.74, 6) is -0.127. The average Bonchev–Trinajstić information content (AvgIpc) is 2.43. The number of pyridine rings is 1. The van der Waals surface area contributed by atoms with Crippen LogP contribution in [0.3, 0.4) is 0 Å². The summed E-state index contributed by atoms with van der Waals surface area (Å²) in [5.41, 5.74) is 2.45. The van der Waals surface area contributed by atoms with Crippen molar-refractivity contribution in [1.29, 1.82) is 0 Å². The minimum Gasteiger partial charge on any atom is -0.505 e. The Morgan fingerprint density at radius 3 is 2.67 bits per heavy atom. The summed E-state index contributed by atoms with van der Waals surface area (Å²) in [6.07, 6.45) is 1.95. The maximum absolute atomic E-state index is 12.1. The number of hydrogen-bond donors (Lipinski definition) is 2. The highest BCUT2D eigenvalue weighted by atomic mass is 32.2. The van der Waals surface area contributed by atoms with Crippen molar-refractivity contribution in [2.45, 2.75) is 20.3 Å². The molecule has 0 aliphatic rings. The number of benzene rings is 1. The van der Waals surface area contributed by atoms with Gasteiger partial charge in [-0.05, 0) is 43.2 Å². The SMILES string of the molecule is Cc1cc(C)c(O)c(NS(=O)(=O)CCc2ccccn2)c1. The topological polar surface area (TPSA) is 79.3 Å². The summed E-state index contributed by atoms with van der Waals surface area (Å²) in [6, 6.07) is 8.79. The smallest absolute Gasteiger partial charge is 0.233 e. The fourth-order valence-corrected chi connectivity index (χ4v) is 3.11. The normalized spacial score (nSPS) is 11.3. The van der Waals surface area contributed by atoms with Crippen molar-refractivity contribution in [1.82, 2.24) is 4.98 Å². The Hall–Kier alpha value is -2.08. The van der Waals surface area contributed by atoms with Crippen molar-refractivity contribution in [3.63, 3.8) is 0 Å². The van der Waals surface area contributed by atoms with E-state index < -0.39 is 10.0 Å². The largest absolute Gasteiger partial charge is 0.505 e. The van der Waals surface area contributed by atoms with Crippen LogP contribution in [0.1, 0.15) is 16.8 Å². The molecule has 2 rings (SSSR count). The Labute approximate surface area is 124 Å². The van der Waals surface area contributed by atoms with Crippen LogP contribution in [0.15, 0.2) is 36.5 Å². The molecule has 1 aromatic heterocycles. The number of anilines is 1. The van der Waals surface area contributed by atoms with Gasteiger partial charge in [-0.3, -0.25) is 9.71 Å². The monoisotopic (exact) mass is 306 g/mol. The number of phenolic OH excluding ortho intramolecular Hbond substituents is 1. The highest BCUT2D eigenvalue weighted by Crippen LogP contribution is 2.29. The number of phenols is 1. The van der Waals surface area contributed by atoms with E-state index in [-0.39, 0.29) is 17.2 Å². The molecule has 0 unspecified atom stereocenters. The Kier molecular flexibility index (Phi) is 4.47. The number of nitrogens with zero attached hydrogens (tertiary/aromatic N) is 1. The lowest BCUT2D eigenvalue weighted by Gasteiger charge is -2.12. The van der Waals surface area contributed by atoms with E-state index >= 15 is 0 Å². The first kappa shape index (κ1) is 15.3. The first-order chi connectivity index (χ1) is 9.87. The van der Waals surface area contributed by atoms with Crippen LogP contribution < -0.4 is 4.72 Å². The van der Waals surface area contributed by atoms with Gasteiger partial charge in [0.25, 0.3) is 0 Å². The molecule has 0 bridgehead atoms. The Morgan fingerprint density at radius 1 is 1.24 bits per heavy atom. The molecule has 0 saturated heterocycles. The summed E-state index contributed by atoms with van der Waals surface area (Å²) < 4.78 is 26.6. The first-order valence-electron chi connectivity index (χ1n) is 6.58. The van der Waals surface area contributed by atoms with Gasteiger partial charge in [0.2, 0.25) is 10.0 Å². The van der Waals surface area contributed by atoms with Gasteiger partial charge in [-0.25, -0.2) is 8.42 Å². The minimum atomic E-state index is -3.54. The summed E-state index contributed by atoms with van der Waals surface area (Å²) >= 11 is 0. The van der Waals surface area contributed by atoms with Crippen LogP contribution in [0.5, 0.6) is 5.75 Å². The summed E-state index contributed by atoms with van der Waals surface area (Å²) in [6.45, 7) is 3.58. The van der Waals surface area contributed by atoms with Gasteiger partial charge in [-0.2, -0.15) is 0 Å². The Morgan fingerprint density at radius 2 is 2.00 bits per heavy atom. The second-order valence-electron chi connectivity index (χ2n) is 4.97. The molecule has 1 aromatic carbocycles. The Bertz CT molecular complexity index is 728. The molecule has 6 heteroatoms. The van der Waals surface area contributed by atoms with E-state index in [0.717, 1.165) is 5.56 Å². The van der Waals surface area contributed by atoms with Crippen molar-refractivity contribution in [2.24, 2.45) is 0 Å². The van der Waals surface area contributed by atoms with Crippen LogP contribution >= 0.6 is 0 Å². The van der Waals surface area contributed by atoms with Gasteiger partial charge in [0, 0.05) is 18.3 Å². The third kappa shape index (κ3) is 4.19. The molecule has 0 atom stereocenters. The molecular formula is C15H18N2O3S. The van der Waals surface area contributed by atoms with Crippen molar-refractivity contribution in [3.8, 4) is 5.75 Å². The van der Waals surface area contributed by atoms with E-state index in [4.69, 9.17) is 0 Å². The third-order valence-corrected chi connectivity index (χ3v) is 4.34. The fourth-order valence-electron chi connectivity index (χ4n) is 2.04. The number of sulfonamides is 1. The minimum absolute atomic E-state index is 0.0398. The van der Waals surface area contributed by atoms with E-state index in [0.29, 0.717) is 17.7 Å². The van der Waals surface area contributed by atoms with Crippen molar-refractivity contribution in [2.75, 3.05) is 10.5 Å². The predicted molar refractivity (Wildman–Crippen MR) is 82.9 cm³/mol. The molecule has 0 amide bonds. The predicted octanol–water partition coefficient (Wildman–Crippen LogP) is 2.39. The van der Waals surface area contributed by atoms with Crippen LogP contribution in [-0.4, -0.2) is 24.3 Å². The molecule has 0 radical (unpaired) electrons. The molecule has 0 saturated carbocycles. The number of rotatable bonds is 5. The number of nitrogens with one attached hydrogen (secondary N) is 1. The molecule has 0 fully saturated rings. The second kappa shape index (κ2) is 6.13. The molecule has 5 nitrogen and oxygen atoms in total. The zero-order valence-corrected chi connectivity index (χ0v) is 12.8. The number of aromatic hydroxyl groups is 1. The number of hydrogen-bond acceptors (Lipinski definition) is 4. The Balaban J connectivity index is 2.11. The molecular weight excluding hydrogens is 288 g/mol. The van der Waals surface area contributed by atoms with Crippen molar-refractivity contribution < 1.29 is 13.5 Å². The van der Waals surface area contributed by atoms with E-state index in [1.807, 2.05) is 13.0 Å². The van der Waals surface area contributed by atoms with E-state index in [2.05, 4.69) is 9.71 Å². The molecule has 2 aromatic rings. The molecule has 0 aliphatic carbocycles. The second-order valence-corrected chi connectivity index (χ2v) is 6.81. The summed E-state index contributed by atoms with van der Waals surface area (Å²) in [7, 11) is -3.54. The summed E-state index contributed by atoms with van der Waals surface area (Å²) in [5, 5.41) is 9.93. The van der Waals surface area contributed by atoms with Gasteiger partial charge in [0.15, 0.2) is 0 Å². The molecule has 21 heavy (non-hydrogen) atoms. The van der Waals surface area contributed by atoms with Gasteiger partial charge in [0.05, 0.1) is 11.4 Å². The highest BCUT2D eigenvalue weighted by molar-refractivity contribution is 7.92.